The summed E-state index contributed by atoms with van der Waals surface area (Å²) in [6.45, 7) is 7.07. The van der Waals surface area contributed by atoms with E-state index < -0.39 is 0 Å². The molecule has 0 radical (unpaired) electrons. The van der Waals surface area contributed by atoms with Crippen LogP contribution in [0.5, 0.6) is 0 Å². The molecule has 3 aromatic rings. The van der Waals surface area contributed by atoms with Crippen LogP contribution in [0.3, 0.4) is 0 Å². The van der Waals surface area contributed by atoms with Crippen molar-refractivity contribution in [3.05, 3.63) is 71.1 Å². The molecule has 2 aromatic carbocycles. The molecular weight excluding hydrogens is 418 g/mol. The molecule has 5 rings (SSSR count). The van der Waals surface area contributed by atoms with Gasteiger partial charge in [-0.3, -0.25) is 14.5 Å². The van der Waals surface area contributed by atoms with Gasteiger partial charge in [-0.05, 0) is 47.6 Å². The van der Waals surface area contributed by atoms with Crippen LogP contribution in [0.2, 0.25) is 0 Å². The van der Waals surface area contributed by atoms with Gasteiger partial charge in [-0.2, -0.15) is 0 Å². The lowest BCUT2D eigenvalue weighted by Crippen LogP contribution is -2.33. The third kappa shape index (κ3) is 3.25. The summed E-state index contributed by atoms with van der Waals surface area (Å²) in [5.41, 5.74) is 5.84. The van der Waals surface area contributed by atoms with E-state index in [0.717, 1.165) is 34.4 Å². The van der Waals surface area contributed by atoms with E-state index in [0.29, 0.717) is 11.5 Å². The van der Waals surface area contributed by atoms with E-state index >= 15 is 0 Å². The Hall–Kier alpha value is -2.99. The van der Waals surface area contributed by atoms with Crippen LogP contribution in [-0.4, -0.2) is 34.1 Å². The van der Waals surface area contributed by atoms with Gasteiger partial charge in [0.15, 0.2) is 0 Å². The van der Waals surface area contributed by atoms with Crippen molar-refractivity contribution in [3.8, 4) is 0 Å². The normalized spacial score (nSPS) is 17.7. The first-order chi connectivity index (χ1) is 15.4. The number of imide groups is 1. The highest BCUT2D eigenvalue weighted by atomic mass is 32.2. The van der Waals surface area contributed by atoms with Crippen LogP contribution in [0.1, 0.15) is 37.8 Å². The standard InChI is InChI=1S/C26H27N3O2S/c1-15(2)12-28-13-19-23(17-8-10-18(32-4)11-9-17)25-21(14-29(16(3)30)26(25)31)27-20-6-5-7-22(28)24(19)20/h5-11,13,15,23,27H,12,14H2,1-4H3/t23-/m0/s1. The van der Waals surface area contributed by atoms with Crippen molar-refractivity contribution in [1.29, 1.82) is 0 Å². The van der Waals surface area contributed by atoms with Gasteiger partial charge in [0.2, 0.25) is 5.91 Å². The summed E-state index contributed by atoms with van der Waals surface area (Å²) in [5.74, 6) is -0.160. The van der Waals surface area contributed by atoms with Gasteiger partial charge < -0.3 is 9.88 Å². The second kappa shape index (κ2) is 7.85. The fraction of sp³-hybridized carbons (Fsp3) is 0.308. The van der Waals surface area contributed by atoms with E-state index in [1.807, 2.05) is 0 Å². The molecule has 0 fully saturated rings. The van der Waals surface area contributed by atoms with Crippen LogP contribution in [0.15, 0.2) is 64.8 Å². The number of carbonyl (C=O) groups excluding carboxylic acids is 2. The van der Waals surface area contributed by atoms with Crippen molar-refractivity contribution >= 4 is 40.2 Å². The molecule has 0 unspecified atom stereocenters. The van der Waals surface area contributed by atoms with Gasteiger partial charge in [-0.1, -0.05) is 32.0 Å². The first kappa shape index (κ1) is 20.9. The number of hydrogen-bond acceptors (Lipinski definition) is 4. The number of benzene rings is 2. The Labute approximate surface area is 192 Å². The SMILES string of the molecule is CSc1ccc([C@@H]2C3=C(CN(C(C)=O)C3=O)Nc3cccc4c3c2cn4CC(C)C)cc1. The number of nitrogens with one attached hydrogen (secondary N) is 1. The number of amides is 2. The number of carbonyl (C=O) groups is 2. The number of aromatic nitrogens is 1. The largest absolute Gasteiger partial charge is 0.356 e. The topological polar surface area (TPSA) is 54.3 Å². The van der Waals surface area contributed by atoms with Crippen molar-refractivity contribution in [2.45, 2.75) is 38.1 Å². The summed E-state index contributed by atoms with van der Waals surface area (Å²) < 4.78 is 2.30. The number of nitrogens with zero attached hydrogens (tertiary/aromatic N) is 2. The van der Waals surface area contributed by atoms with Gasteiger partial charge in [-0.25, -0.2) is 0 Å². The van der Waals surface area contributed by atoms with Gasteiger partial charge >= 0.3 is 0 Å². The quantitative estimate of drug-likeness (QED) is 0.560. The summed E-state index contributed by atoms with van der Waals surface area (Å²) in [5, 5.41) is 4.69. The third-order valence-corrected chi connectivity index (χ3v) is 7.07. The van der Waals surface area contributed by atoms with Gasteiger partial charge in [-0.15, -0.1) is 11.8 Å². The molecule has 0 saturated heterocycles. The lowest BCUT2D eigenvalue weighted by atomic mass is 9.84. The zero-order valence-corrected chi connectivity index (χ0v) is 19.6. The molecule has 3 heterocycles. The molecule has 164 valence electrons. The number of anilines is 1. The molecule has 2 aliphatic heterocycles. The minimum absolute atomic E-state index is 0.198. The second-order valence-electron chi connectivity index (χ2n) is 8.96. The minimum Gasteiger partial charge on any atom is -0.356 e. The number of rotatable bonds is 4. The predicted octanol–water partition coefficient (Wildman–Crippen LogP) is 5.22. The minimum atomic E-state index is -0.232. The van der Waals surface area contributed by atoms with Crippen LogP contribution in [0, 0.1) is 5.92 Å². The maximum Gasteiger partial charge on any atom is 0.259 e. The van der Waals surface area contributed by atoms with Crippen LogP contribution in [-0.2, 0) is 16.1 Å². The van der Waals surface area contributed by atoms with E-state index in [-0.39, 0.29) is 24.3 Å². The van der Waals surface area contributed by atoms with Crippen molar-refractivity contribution in [3.63, 3.8) is 0 Å². The summed E-state index contributed by atoms with van der Waals surface area (Å²) in [7, 11) is 0. The Kier molecular flexibility index (Phi) is 5.13. The molecule has 1 atom stereocenters. The van der Waals surface area contributed by atoms with Gasteiger partial charge in [0.05, 0.1) is 17.6 Å². The second-order valence-corrected chi connectivity index (χ2v) is 9.84. The highest BCUT2D eigenvalue weighted by Gasteiger charge is 2.41. The lowest BCUT2D eigenvalue weighted by molar-refractivity contribution is -0.139. The van der Waals surface area contributed by atoms with Crippen LogP contribution in [0.4, 0.5) is 5.69 Å². The van der Waals surface area contributed by atoms with Crippen LogP contribution < -0.4 is 5.32 Å². The Morgan fingerprint density at radius 2 is 1.94 bits per heavy atom. The van der Waals surface area contributed by atoms with E-state index in [9.17, 15) is 9.59 Å². The molecule has 32 heavy (non-hydrogen) atoms. The Morgan fingerprint density at radius 1 is 1.19 bits per heavy atom. The smallest absolute Gasteiger partial charge is 0.259 e. The van der Waals surface area contributed by atoms with Crippen molar-refractivity contribution in [2.24, 2.45) is 5.92 Å². The summed E-state index contributed by atoms with van der Waals surface area (Å²) in [6.07, 6.45) is 4.27. The summed E-state index contributed by atoms with van der Waals surface area (Å²) in [6, 6.07) is 14.7. The molecule has 0 saturated carbocycles. The lowest BCUT2D eigenvalue weighted by Gasteiger charge is -2.19. The fourth-order valence-corrected chi connectivity index (χ4v) is 5.37. The van der Waals surface area contributed by atoms with Crippen molar-refractivity contribution in [2.75, 3.05) is 18.1 Å². The predicted molar refractivity (Wildman–Crippen MR) is 130 cm³/mol. The molecule has 0 bridgehead atoms. The fourth-order valence-electron chi connectivity index (χ4n) is 4.96. The molecule has 2 amide bonds. The molecular formula is C26H27N3O2S. The maximum atomic E-state index is 13.5. The molecule has 5 nitrogen and oxygen atoms in total. The first-order valence-electron chi connectivity index (χ1n) is 11.0. The van der Waals surface area contributed by atoms with Crippen molar-refractivity contribution in [1.82, 2.24) is 9.47 Å². The highest BCUT2D eigenvalue weighted by molar-refractivity contribution is 7.98. The van der Waals surface area contributed by atoms with E-state index in [1.54, 1.807) is 11.8 Å². The van der Waals surface area contributed by atoms with Crippen molar-refractivity contribution < 1.29 is 9.59 Å². The monoisotopic (exact) mass is 445 g/mol. The summed E-state index contributed by atoms with van der Waals surface area (Å²) in [4.78, 5) is 28.2. The molecule has 1 aromatic heterocycles. The molecule has 6 heteroatoms. The van der Waals surface area contributed by atoms with E-state index in [1.165, 1.54) is 22.2 Å². The zero-order chi connectivity index (χ0) is 22.6. The highest BCUT2D eigenvalue weighted by Crippen LogP contribution is 2.46. The van der Waals surface area contributed by atoms with Gasteiger partial charge in [0, 0.05) is 47.2 Å². The Morgan fingerprint density at radius 3 is 2.59 bits per heavy atom. The molecule has 2 aliphatic rings. The number of hydrogen-bond donors (Lipinski definition) is 1. The zero-order valence-electron chi connectivity index (χ0n) is 18.8. The molecule has 1 N–H and O–H groups in total. The maximum absolute atomic E-state index is 13.5. The number of thioether (sulfide) groups is 1. The van der Waals surface area contributed by atoms with Crippen LogP contribution in [0.25, 0.3) is 10.9 Å². The van der Waals surface area contributed by atoms with Crippen LogP contribution >= 0.6 is 11.8 Å². The molecule has 0 spiro atoms. The first-order valence-corrected chi connectivity index (χ1v) is 12.2. The molecule has 0 aliphatic carbocycles. The third-order valence-electron chi connectivity index (χ3n) is 6.33. The van der Waals surface area contributed by atoms with Gasteiger partial charge in [0.25, 0.3) is 5.91 Å². The average molecular weight is 446 g/mol. The summed E-state index contributed by atoms with van der Waals surface area (Å²) >= 11 is 1.70. The van der Waals surface area contributed by atoms with E-state index in [2.05, 4.69) is 78.6 Å². The van der Waals surface area contributed by atoms with E-state index in [4.69, 9.17) is 0 Å². The van der Waals surface area contributed by atoms with Gasteiger partial charge in [0.1, 0.15) is 0 Å². The average Bonchev–Trinajstić information content (AvgIpc) is 3.23. The Bertz CT molecular complexity index is 1270. The Balaban J connectivity index is 1.77.